The molecule has 6 heteroatoms. The van der Waals surface area contributed by atoms with Crippen molar-refractivity contribution in [1.29, 1.82) is 0 Å². The van der Waals surface area contributed by atoms with Crippen LogP contribution >= 0.6 is 0 Å². The molecule has 2 N–H and O–H groups in total. The van der Waals surface area contributed by atoms with Crippen molar-refractivity contribution in [2.75, 3.05) is 5.32 Å². The highest BCUT2D eigenvalue weighted by Gasteiger charge is 2.18. The first-order valence-electron chi connectivity index (χ1n) is 10.1. The molecular weight excluding hydrogens is 391 g/mol. The lowest BCUT2D eigenvalue weighted by Gasteiger charge is -2.11. The second-order valence-electron chi connectivity index (χ2n) is 7.75. The van der Waals surface area contributed by atoms with Crippen molar-refractivity contribution in [3.63, 3.8) is 0 Å². The lowest BCUT2D eigenvalue weighted by atomic mass is 10.1. The zero-order valence-electron chi connectivity index (χ0n) is 17.2. The van der Waals surface area contributed by atoms with Crippen molar-refractivity contribution in [2.24, 2.45) is 0 Å². The van der Waals surface area contributed by atoms with Gasteiger partial charge in [-0.1, -0.05) is 29.8 Å². The number of fused-ring (bicyclic) bond motifs is 2. The van der Waals surface area contributed by atoms with Gasteiger partial charge in [0.25, 0.3) is 5.56 Å². The van der Waals surface area contributed by atoms with E-state index in [9.17, 15) is 9.18 Å². The molecule has 0 aliphatic heterocycles. The molecule has 0 saturated carbocycles. The Morgan fingerprint density at radius 3 is 2.65 bits per heavy atom. The van der Waals surface area contributed by atoms with E-state index in [0.29, 0.717) is 17.8 Å². The minimum Gasteiger partial charge on any atom is -0.365 e. The van der Waals surface area contributed by atoms with Crippen molar-refractivity contribution >= 4 is 22.4 Å². The molecule has 0 aliphatic carbocycles. The molecule has 5 rings (SSSR count). The van der Waals surface area contributed by atoms with Gasteiger partial charge in [-0.2, -0.15) is 0 Å². The normalized spacial score (nSPS) is 11.3. The van der Waals surface area contributed by atoms with Crippen LogP contribution in [0.4, 0.5) is 10.2 Å². The maximum absolute atomic E-state index is 13.3. The van der Waals surface area contributed by atoms with Crippen LogP contribution in [0.25, 0.3) is 27.8 Å². The summed E-state index contributed by atoms with van der Waals surface area (Å²) >= 11 is 0. The first kappa shape index (κ1) is 19.1. The highest BCUT2D eigenvalue weighted by atomic mass is 19.1. The molecule has 2 aromatic carbocycles. The molecular formula is C25H21FN4O. The largest absolute Gasteiger partial charge is 0.365 e. The van der Waals surface area contributed by atoms with Gasteiger partial charge in [-0.05, 0) is 67.3 Å². The highest BCUT2D eigenvalue weighted by Crippen LogP contribution is 2.30. The van der Waals surface area contributed by atoms with Crippen LogP contribution in [0.2, 0.25) is 0 Å². The van der Waals surface area contributed by atoms with E-state index in [1.54, 1.807) is 12.1 Å². The summed E-state index contributed by atoms with van der Waals surface area (Å²) in [5.41, 5.74) is 5.47. The summed E-state index contributed by atoms with van der Waals surface area (Å²) in [4.78, 5) is 20.7. The van der Waals surface area contributed by atoms with Gasteiger partial charge in [0, 0.05) is 17.8 Å². The topological polar surface area (TPSA) is 62.2 Å². The Balaban J connectivity index is 1.68. The summed E-state index contributed by atoms with van der Waals surface area (Å²) < 4.78 is 15.3. The molecule has 0 spiro atoms. The molecule has 154 valence electrons. The number of halogens is 1. The summed E-state index contributed by atoms with van der Waals surface area (Å²) in [7, 11) is 0. The maximum atomic E-state index is 13.3. The molecule has 3 aromatic heterocycles. The Bertz CT molecular complexity index is 1480. The summed E-state index contributed by atoms with van der Waals surface area (Å²) in [5, 5.41) is 4.37. The van der Waals surface area contributed by atoms with Gasteiger partial charge in [0.15, 0.2) is 0 Å². The zero-order valence-corrected chi connectivity index (χ0v) is 17.2. The number of benzene rings is 2. The second-order valence-corrected chi connectivity index (χ2v) is 7.75. The van der Waals surface area contributed by atoms with Crippen LogP contribution in [-0.2, 0) is 6.54 Å². The van der Waals surface area contributed by atoms with Gasteiger partial charge in [-0.25, -0.2) is 9.37 Å². The third-order valence-corrected chi connectivity index (χ3v) is 5.47. The summed E-state index contributed by atoms with van der Waals surface area (Å²) in [6.45, 7) is 4.49. The fraction of sp³-hybridized carbons (Fsp3) is 0.120. The van der Waals surface area contributed by atoms with E-state index in [1.807, 2.05) is 60.7 Å². The van der Waals surface area contributed by atoms with Gasteiger partial charge < -0.3 is 10.3 Å². The van der Waals surface area contributed by atoms with Crippen LogP contribution in [0.15, 0.2) is 71.5 Å². The van der Waals surface area contributed by atoms with Gasteiger partial charge in [0.05, 0.1) is 5.56 Å². The molecule has 0 fully saturated rings. The maximum Gasteiger partial charge on any atom is 0.258 e. The Labute approximate surface area is 178 Å². The number of nitrogens with one attached hydrogen (secondary N) is 2. The number of anilines is 1. The van der Waals surface area contributed by atoms with Gasteiger partial charge in [0.2, 0.25) is 0 Å². The van der Waals surface area contributed by atoms with E-state index >= 15 is 0 Å². The van der Waals surface area contributed by atoms with Crippen molar-refractivity contribution in [3.05, 3.63) is 99.7 Å². The molecule has 0 unspecified atom stereocenters. The molecule has 0 saturated heterocycles. The molecule has 0 bridgehead atoms. The fourth-order valence-corrected chi connectivity index (χ4v) is 3.90. The van der Waals surface area contributed by atoms with Crippen LogP contribution in [-0.4, -0.2) is 14.4 Å². The average molecular weight is 412 g/mol. The van der Waals surface area contributed by atoms with Crippen molar-refractivity contribution < 1.29 is 4.39 Å². The van der Waals surface area contributed by atoms with Gasteiger partial charge >= 0.3 is 0 Å². The lowest BCUT2D eigenvalue weighted by Crippen LogP contribution is -2.11. The Morgan fingerprint density at radius 2 is 1.84 bits per heavy atom. The Hall–Kier alpha value is -3.93. The predicted molar refractivity (Wildman–Crippen MR) is 122 cm³/mol. The van der Waals surface area contributed by atoms with Crippen LogP contribution in [0.5, 0.6) is 0 Å². The monoisotopic (exact) mass is 412 g/mol. The number of H-pyrrole nitrogens is 1. The molecule has 5 nitrogen and oxygen atoms in total. The van der Waals surface area contributed by atoms with E-state index in [4.69, 9.17) is 4.98 Å². The van der Waals surface area contributed by atoms with Crippen molar-refractivity contribution in [1.82, 2.24) is 14.4 Å². The lowest BCUT2D eigenvalue weighted by molar-refractivity contribution is 0.627. The Morgan fingerprint density at radius 1 is 1.03 bits per heavy atom. The average Bonchev–Trinajstić information content (AvgIpc) is 3.13. The number of imidazole rings is 1. The van der Waals surface area contributed by atoms with Crippen molar-refractivity contribution in [2.45, 2.75) is 20.4 Å². The van der Waals surface area contributed by atoms with Crippen LogP contribution in [0.1, 0.15) is 16.8 Å². The number of nitrogens with zero attached hydrogens (tertiary/aromatic N) is 2. The quantitative estimate of drug-likeness (QED) is 0.426. The van der Waals surface area contributed by atoms with Crippen LogP contribution in [0.3, 0.4) is 0 Å². The zero-order chi connectivity index (χ0) is 21.5. The number of aromatic amines is 1. The third-order valence-electron chi connectivity index (χ3n) is 5.47. The number of aryl methyl sites for hydroxylation is 2. The molecule has 0 aliphatic rings. The Kier molecular flexibility index (Phi) is 4.55. The first-order valence-corrected chi connectivity index (χ1v) is 10.1. The van der Waals surface area contributed by atoms with E-state index in [1.165, 1.54) is 12.1 Å². The van der Waals surface area contributed by atoms with E-state index in [2.05, 4.69) is 10.3 Å². The molecule has 3 heterocycles. The number of rotatable bonds is 4. The minimum atomic E-state index is -0.270. The number of hydrogen-bond donors (Lipinski definition) is 2. The number of pyridine rings is 2. The molecule has 0 radical (unpaired) electrons. The summed E-state index contributed by atoms with van der Waals surface area (Å²) in [6, 6.07) is 20.0. The van der Waals surface area contributed by atoms with E-state index in [-0.39, 0.29) is 11.4 Å². The molecule has 5 aromatic rings. The minimum absolute atomic E-state index is 0.192. The van der Waals surface area contributed by atoms with Crippen LogP contribution in [0, 0.1) is 19.7 Å². The third kappa shape index (κ3) is 3.46. The number of hydrogen-bond acceptors (Lipinski definition) is 3. The van der Waals surface area contributed by atoms with Crippen LogP contribution < -0.4 is 10.9 Å². The van der Waals surface area contributed by atoms with Gasteiger partial charge in [0.1, 0.15) is 23.0 Å². The second kappa shape index (κ2) is 7.40. The standard InChI is InChI=1S/C25H21FN4O/c1-15-6-11-21-18(12-15)13-20(25(31)28-21)23-24(27-14-17-7-9-19(26)10-8-17)30-16(2)4-3-5-22(30)29-23/h3-13,27H,14H2,1-2H3,(H,28,31). The SMILES string of the molecule is Cc1ccc2[nH]c(=O)c(-c3nc4cccc(C)n4c3NCc3ccc(F)cc3)cc2c1. The smallest absolute Gasteiger partial charge is 0.258 e. The van der Waals surface area contributed by atoms with Crippen molar-refractivity contribution in [3.8, 4) is 11.3 Å². The molecule has 0 atom stereocenters. The van der Waals surface area contributed by atoms with E-state index in [0.717, 1.165) is 39.2 Å². The van der Waals surface area contributed by atoms with Gasteiger partial charge in [-0.15, -0.1) is 0 Å². The molecule has 0 amide bonds. The summed E-state index contributed by atoms with van der Waals surface area (Å²) in [5.74, 6) is 0.461. The summed E-state index contributed by atoms with van der Waals surface area (Å²) in [6.07, 6.45) is 0. The first-order chi connectivity index (χ1) is 15.0. The van der Waals surface area contributed by atoms with E-state index < -0.39 is 0 Å². The molecule has 31 heavy (non-hydrogen) atoms. The predicted octanol–water partition coefficient (Wildman–Crippen LogP) is 5.21. The number of aromatic nitrogens is 3. The van der Waals surface area contributed by atoms with Gasteiger partial charge in [-0.3, -0.25) is 9.20 Å². The highest BCUT2D eigenvalue weighted by molar-refractivity contribution is 5.86. The fourth-order valence-electron chi connectivity index (χ4n) is 3.90.